The van der Waals surface area contributed by atoms with E-state index in [4.69, 9.17) is 16.3 Å². The zero-order chi connectivity index (χ0) is 14.0. The zero-order valence-electron chi connectivity index (χ0n) is 12.3. The summed E-state index contributed by atoms with van der Waals surface area (Å²) in [6, 6.07) is 4.54. The van der Waals surface area contributed by atoms with Crippen LogP contribution in [0.2, 0.25) is 5.02 Å². The molecule has 0 fully saturated rings. The molecule has 1 N–H and O–H groups in total. The molecule has 0 spiro atoms. The van der Waals surface area contributed by atoms with Gasteiger partial charge < -0.3 is 10.1 Å². The molecule has 1 unspecified atom stereocenters. The first-order chi connectivity index (χ1) is 8.89. The Kier molecular flexibility index (Phi) is 4.42. The van der Waals surface area contributed by atoms with Crippen LogP contribution in [0.1, 0.15) is 38.3 Å². The van der Waals surface area contributed by atoms with Gasteiger partial charge in [0.1, 0.15) is 5.75 Å². The van der Waals surface area contributed by atoms with Crippen molar-refractivity contribution in [3.05, 3.63) is 28.3 Å². The number of likely N-dealkylation sites (N-methyl/N-ethyl adjacent to an activating group) is 1. The lowest BCUT2D eigenvalue weighted by Gasteiger charge is -2.26. The molecule has 0 radical (unpaired) electrons. The molecule has 0 amide bonds. The Hall–Kier alpha value is -0.730. The van der Waals surface area contributed by atoms with E-state index in [1.165, 1.54) is 11.1 Å². The van der Waals surface area contributed by atoms with Crippen LogP contribution in [0.4, 0.5) is 0 Å². The summed E-state index contributed by atoms with van der Waals surface area (Å²) < 4.78 is 5.77. The van der Waals surface area contributed by atoms with E-state index in [9.17, 15) is 0 Å². The summed E-state index contributed by atoms with van der Waals surface area (Å²) >= 11 is 6.21. The second-order valence-corrected chi connectivity index (χ2v) is 7.04. The number of rotatable bonds is 4. The van der Waals surface area contributed by atoms with Gasteiger partial charge in [0.05, 0.1) is 6.61 Å². The Bertz CT molecular complexity index is 451. The van der Waals surface area contributed by atoms with E-state index < -0.39 is 0 Å². The summed E-state index contributed by atoms with van der Waals surface area (Å²) in [4.78, 5) is 0. The van der Waals surface area contributed by atoms with E-state index in [0.717, 1.165) is 36.6 Å². The van der Waals surface area contributed by atoms with Crippen molar-refractivity contribution >= 4 is 11.6 Å². The highest BCUT2D eigenvalue weighted by atomic mass is 35.5. The molecule has 106 valence electrons. The Morgan fingerprint density at radius 3 is 2.74 bits per heavy atom. The summed E-state index contributed by atoms with van der Waals surface area (Å²) in [5.74, 6) is 1.07. The minimum atomic E-state index is 0.316. The number of halogens is 1. The topological polar surface area (TPSA) is 21.3 Å². The quantitative estimate of drug-likeness (QED) is 0.905. The van der Waals surface area contributed by atoms with E-state index in [2.05, 4.69) is 32.2 Å². The van der Waals surface area contributed by atoms with Crippen LogP contribution in [0.5, 0.6) is 5.75 Å². The molecule has 0 saturated carbocycles. The van der Waals surface area contributed by atoms with Crippen molar-refractivity contribution in [2.75, 3.05) is 13.7 Å². The molecule has 1 aromatic rings. The van der Waals surface area contributed by atoms with Crippen LogP contribution in [-0.4, -0.2) is 19.7 Å². The lowest BCUT2D eigenvalue weighted by atomic mass is 9.85. The molecule has 2 rings (SSSR count). The van der Waals surface area contributed by atoms with Crippen LogP contribution in [0, 0.1) is 5.41 Å². The maximum absolute atomic E-state index is 6.21. The molecule has 1 atom stereocenters. The summed E-state index contributed by atoms with van der Waals surface area (Å²) in [5.41, 5.74) is 2.81. The van der Waals surface area contributed by atoms with E-state index in [0.29, 0.717) is 11.5 Å². The number of hydrogen-bond acceptors (Lipinski definition) is 2. The largest absolute Gasteiger partial charge is 0.493 e. The Morgan fingerprint density at radius 1 is 1.37 bits per heavy atom. The molecule has 0 saturated heterocycles. The van der Waals surface area contributed by atoms with Crippen molar-refractivity contribution in [2.45, 2.75) is 46.1 Å². The Labute approximate surface area is 121 Å². The second kappa shape index (κ2) is 5.72. The molecule has 0 aromatic heterocycles. The summed E-state index contributed by atoms with van der Waals surface area (Å²) in [5, 5.41) is 4.24. The lowest BCUT2D eigenvalue weighted by Crippen LogP contribution is -2.32. The SMILES string of the molecule is CNC(Cc1cc(Cl)cc2c1OCC2)CC(C)(C)C. The number of benzene rings is 1. The minimum absolute atomic E-state index is 0.316. The highest BCUT2D eigenvalue weighted by Crippen LogP contribution is 2.34. The molecule has 1 aromatic carbocycles. The van der Waals surface area contributed by atoms with Gasteiger partial charge in [0.2, 0.25) is 0 Å². The van der Waals surface area contributed by atoms with Crippen molar-refractivity contribution in [2.24, 2.45) is 5.41 Å². The van der Waals surface area contributed by atoms with Crippen LogP contribution in [-0.2, 0) is 12.8 Å². The predicted octanol–water partition coefficient (Wildman–Crippen LogP) is 3.84. The van der Waals surface area contributed by atoms with Crippen molar-refractivity contribution < 1.29 is 4.74 Å². The van der Waals surface area contributed by atoms with Crippen LogP contribution in [0.15, 0.2) is 12.1 Å². The molecule has 1 aliphatic heterocycles. The highest BCUT2D eigenvalue weighted by Gasteiger charge is 2.22. The van der Waals surface area contributed by atoms with Crippen molar-refractivity contribution in [1.29, 1.82) is 0 Å². The zero-order valence-corrected chi connectivity index (χ0v) is 13.1. The van der Waals surface area contributed by atoms with Gasteiger partial charge >= 0.3 is 0 Å². The molecular weight excluding hydrogens is 258 g/mol. The third kappa shape index (κ3) is 3.87. The molecule has 1 aliphatic rings. The number of hydrogen-bond donors (Lipinski definition) is 1. The number of ether oxygens (including phenoxy) is 1. The molecular formula is C16H24ClNO. The lowest BCUT2D eigenvalue weighted by molar-refractivity contribution is 0.311. The van der Waals surface area contributed by atoms with Gasteiger partial charge in [0.15, 0.2) is 0 Å². The van der Waals surface area contributed by atoms with Gasteiger partial charge in [0, 0.05) is 17.5 Å². The number of nitrogens with one attached hydrogen (secondary N) is 1. The molecule has 0 bridgehead atoms. The minimum Gasteiger partial charge on any atom is -0.493 e. The fourth-order valence-electron chi connectivity index (χ4n) is 2.78. The summed E-state index contributed by atoms with van der Waals surface area (Å²) in [6.07, 6.45) is 3.08. The van der Waals surface area contributed by atoms with Gasteiger partial charge in [-0.1, -0.05) is 32.4 Å². The van der Waals surface area contributed by atoms with Gasteiger partial charge in [-0.05, 0) is 48.6 Å². The third-order valence-corrected chi connectivity index (χ3v) is 3.78. The summed E-state index contributed by atoms with van der Waals surface area (Å²) in [7, 11) is 2.03. The van der Waals surface area contributed by atoms with E-state index >= 15 is 0 Å². The Balaban J connectivity index is 2.18. The smallest absolute Gasteiger partial charge is 0.125 e. The van der Waals surface area contributed by atoms with Crippen molar-refractivity contribution in [3.8, 4) is 5.75 Å². The molecule has 2 nitrogen and oxygen atoms in total. The van der Waals surface area contributed by atoms with Gasteiger partial charge in [-0.25, -0.2) is 0 Å². The van der Waals surface area contributed by atoms with Crippen LogP contribution in [0.25, 0.3) is 0 Å². The summed E-state index contributed by atoms with van der Waals surface area (Å²) in [6.45, 7) is 7.61. The van der Waals surface area contributed by atoms with Gasteiger partial charge in [-0.2, -0.15) is 0 Å². The molecule has 19 heavy (non-hydrogen) atoms. The molecule has 1 heterocycles. The average Bonchev–Trinajstić information content (AvgIpc) is 2.74. The monoisotopic (exact) mass is 281 g/mol. The first-order valence-corrected chi connectivity index (χ1v) is 7.38. The maximum atomic E-state index is 6.21. The van der Waals surface area contributed by atoms with Gasteiger partial charge in [-0.15, -0.1) is 0 Å². The van der Waals surface area contributed by atoms with E-state index in [1.807, 2.05) is 13.1 Å². The average molecular weight is 282 g/mol. The highest BCUT2D eigenvalue weighted by molar-refractivity contribution is 6.30. The standard InChI is InChI=1S/C16H24ClNO/c1-16(2,3)10-14(18-4)9-12-8-13(17)7-11-5-6-19-15(11)12/h7-8,14,18H,5-6,9-10H2,1-4H3. The second-order valence-electron chi connectivity index (χ2n) is 6.61. The molecule has 3 heteroatoms. The maximum Gasteiger partial charge on any atom is 0.125 e. The molecule has 0 aliphatic carbocycles. The van der Waals surface area contributed by atoms with E-state index in [-0.39, 0.29) is 0 Å². The van der Waals surface area contributed by atoms with Gasteiger partial charge in [-0.3, -0.25) is 0 Å². The van der Waals surface area contributed by atoms with Crippen LogP contribution >= 0.6 is 11.6 Å². The first kappa shape index (κ1) is 14.7. The normalized spacial score (nSPS) is 16.1. The Morgan fingerprint density at radius 2 is 2.11 bits per heavy atom. The number of fused-ring (bicyclic) bond motifs is 1. The van der Waals surface area contributed by atoms with E-state index in [1.54, 1.807) is 0 Å². The fourth-order valence-corrected chi connectivity index (χ4v) is 3.04. The first-order valence-electron chi connectivity index (χ1n) is 7.00. The van der Waals surface area contributed by atoms with Crippen molar-refractivity contribution in [1.82, 2.24) is 5.32 Å². The fraction of sp³-hybridized carbons (Fsp3) is 0.625. The van der Waals surface area contributed by atoms with Crippen LogP contribution in [0.3, 0.4) is 0 Å². The van der Waals surface area contributed by atoms with Gasteiger partial charge in [0.25, 0.3) is 0 Å². The predicted molar refractivity (Wildman–Crippen MR) is 81.3 cm³/mol. The van der Waals surface area contributed by atoms with Crippen LogP contribution < -0.4 is 10.1 Å². The van der Waals surface area contributed by atoms with Crippen molar-refractivity contribution in [3.63, 3.8) is 0 Å². The third-order valence-electron chi connectivity index (χ3n) is 3.56.